The first-order valence-corrected chi connectivity index (χ1v) is 8.41. The Morgan fingerprint density at radius 1 is 1.27 bits per heavy atom. The van der Waals surface area contributed by atoms with E-state index in [-0.39, 0.29) is 12.1 Å². The number of hydrogen-bond donors (Lipinski definition) is 1. The summed E-state index contributed by atoms with van der Waals surface area (Å²) in [6.07, 6.45) is 5.12. The number of nitrogens with zero attached hydrogens (tertiary/aromatic N) is 1. The molecule has 1 saturated carbocycles. The molecule has 1 saturated heterocycles. The molecule has 0 aromatic carbocycles. The fourth-order valence-electron chi connectivity index (χ4n) is 3.57. The van der Waals surface area contributed by atoms with Crippen LogP contribution in [0.3, 0.4) is 0 Å². The van der Waals surface area contributed by atoms with Crippen molar-refractivity contribution in [2.45, 2.75) is 96.1 Å². The molecular formula is C17H31NO4. The summed E-state index contributed by atoms with van der Waals surface area (Å²) >= 11 is 0. The normalized spacial score (nSPS) is 27.7. The smallest absolute Gasteiger partial charge is 0.412 e. The Morgan fingerprint density at radius 2 is 1.86 bits per heavy atom. The summed E-state index contributed by atoms with van der Waals surface area (Å²) in [5.41, 5.74) is -1.91. The molecule has 1 N–H and O–H groups in total. The monoisotopic (exact) mass is 313 g/mol. The van der Waals surface area contributed by atoms with Gasteiger partial charge in [0.2, 0.25) is 0 Å². The van der Waals surface area contributed by atoms with E-state index >= 15 is 0 Å². The van der Waals surface area contributed by atoms with Crippen LogP contribution in [0, 0.1) is 0 Å². The fraction of sp³-hybridized carbons (Fsp3) is 0.941. The van der Waals surface area contributed by atoms with Gasteiger partial charge in [0.1, 0.15) is 11.3 Å². The molecule has 1 aliphatic carbocycles. The maximum absolute atomic E-state index is 12.6. The minimum atomic E-state index is -0.696. The van der Waals surface area contributed by atoms with Gasteiger partial charge in [0.25, 0.3) is 0 Å². The van der Waals surface area contributed by atoms with Gasteiger partial charge in [0.05, 0.1) is 18.2 Å². The van der Waals surface area contributed by atoms with Gasteiger partial charge in [-0.2, -0.15) is 0 Å². The fourth-order valence-corrected chi connectivity index (χ4v) is 3.57. The number of rotatable bonds is 2. The first-order valence-electron chi connectivity index (χ1n) is 8.41. The average molecular weight is 313 g/mol. The SMILES string of the molecule is CC(C)(C)OC(=O)N1[C@@H](CC2(O)CCCCC2)COC1(C)C. The number of carbonyl (C=O) groups is 1. The van der Waals surface area contributed by atoms with Crippen molar-refractivity contribution >= 4 is 6.09 Å². The average Bonchev–Trinajstić information content (AvgIpc) is 2.62. The van der Waals surface area contributed by atoms with Crippen LogP contribution in [0.2, 0.25) is 0 Å². The van der Waals surface area contributed by atoms with Crippen molar-refractivity contribution in [2.75, 3.05) is 6.61 Å². The molecule has 0 spiro atoms. The molecule has 1 heterocycles. The summed E-state index contributed by atoms with van der Waals surface area (Å²) in [6.45, 7) is 9.79. The summed E-state index contributed by atoms with van der Waals surface area (Å²) in [5.74, 6) is 0. The van der Waals surface area contributed by atoms with E-state index in [0.717, 1.165) is 25.7 Å². The zero-order valence-corrected chi connectivity index (χ0v) is 14.6. The van der Waals surface area contributed by atoms with Gasteiger partial charge in [-0.3, -0.25) is 4.90 Å². The van der Waals surface area contributed by atoms with Gasteiger partial charge in [0.15, 0.2) is 0 Å². The molecule has 0 aromatic rings. The number of hydrogen-bond acceptors (Lipinski definition) is 4. The Hall–Kier alpha value is -0.810. The summed E-state index contributed by atoms with van der Waals surface area (Å²) < 4.78 is 11.3. The standard InChI is InChI=1S/C17H31NO4/c1-15(2,3)22-14(19)18-13(12-21-16(18,4)5)11-17(20)9-7-6-8-10-17/h13,20H,6-12H2,1-5H3/t13-/m0/s1. The summed E-state index contributed by atoms with van der Waals surface area (Å²) in [6, 6.07) is -0.132. The Kier molecular flexibility index (Phi) is 4.79. The van der Waals surface area contributed by atoms with Crippen molar-refractivity contribution in [3.05, 3.63) is 0 Å². The highest BCUT2D eigenvalue weighted by molar-refractivity contribution is 5.69. The maximum atomic E-state index is 12.6. The highest BCUT2D eigenvalue weighted by Crippen LogP contribution is 2.38. The predicted molar refractivity (Wildman–Crippen MR) is 84.5 cm³/mol. The van der Waals surface area contributed by atoms with Crippen LogP contribution in [0.25, 0.3) is 0 Å². The quantitative estimate of drug-likeness (QED) is 0.848. The van der Waals surface area contributed by atoms with E-state index in [1.54, 1.807) is 4.90 Å². The van der Waals surface area contributed by atoms with Crippen LogP contribution in [0.5, 0.6) is 0 Å². The van der Waals surface area contributed by atoms with Crippen LogP contribution in [0.1, 0.15) is 73.1 Å². The summed E-state index contributed by atoms with van der Waals surface area (Å²) in [4.78, 5) is 14.2. The van der Waals surface area contributed by atoms with Crippen LogP contribution in [-0.2, 0) is 9.47 Å². The molecule has 2 aliphatic rings. The molecule has 5 nitrogen and oxygen atoms in total. The molecule has 0 aromatic heterocycles. The van der Waals surface area contributed by atoms with Crippen LogP contribution < -0.4 is 0 Å². The van der Waals surface area contributed by atoms with Gasteiger partial charge < -0.3 is 14.6 Å². The Morgan fingerprint density at radius 3 is 2.41 bits per heavy atom. The second-order valence-corrected chi connectivity index (χ2v) is 8.25. The summed E-state index contributed by atoms with van der Waals surface area (Å²) in [7, 11) is 0. The predicted octanol–water partition coefficient (Wildman–Crippen LogP) is 3.44. The first-order chi connectivity index (χ1) is 10.0. The zero-order valence-electron chi connectivity index (χ0n) is 14.6. The van der Waals surface area contributed by atoms with Gasteiger partial charge >= 0.3 is 6.09 Å². The second-order valence-electron chi connectivity index (χ2n) is 8.25. The molecule has 5 heteroatoms. The molecule has 2 rings (SSSR count). The van der Waals surface area contributed by atoms with E-state index in [4.69, 9.17) is 9.47 Å². The first kappa shape index (κ1) is 17.5. The van der Waals surface area contributed by atoms with Crippen molar-refractivity contribution in [1.82, 2.24) is 4.90 Å². The second kappa shape index (κ2) is 6.00. The molecule has 0 radical (unpaired) electrons. The lowest BCUT2D eigenvalue weighted by atomic mass is 9.80. The number of amides is 1. The third-order valence-corrected chi connectivity index (χ3v) is 4.56. The number of ether oxygens (including phenoxy) is 2. The molecule has 0 unspecified atom stereocenters. The van der Waals surface area contributed by atoms with Crippen LogP contribution in [0.4, 0.5) is 4.79 Å². The van der Waals surface area contributed by atoms with Crippen molar-refractivity contribution in [2.24, 2.45) is 0 Å². The molecule has 1 amide bonds. The third kappa shape index (κ3) is 4.13. The molecule has 2 fully saturated rings. The zero-order chi connectivity index (χ0) is 16.6. The summed E-state index contributed by atoms with van der Waals surface area (Å²) in [5, 5.41) is 10.8. The van der Waals surface area contributed by atoms with Crippen molar-refractivity contribution in [1.29, 1.82) is 0 Å². The van der Waals surface area contributed by atoms with Crippen LogP contribution in [-0.4, -0.2) is 45.7 Å². The van der Waals surface area contributed by atoms with Gasteiger partial charge in [-0.05, 0) is 53.9 Å². The number of aliphatic hydroxyl groups is 1. The van der Waals surface area contributed by atoms with E-state index in [1.165, 1.54) is 6.42 Å². The topological polar surface area (TPSA) is 59.0 Å². The molecule has 1 atom stereocenters. The maximum Gasteiger partial charge on any atom is 0.412 e. The molecule has 22 heavy (non-hydrogen) atoms. The van der Waals surface area contributed by atoms with Crippen molar-refractivity contribution in [3.8, 4) is 0 Å². The largest absolute Gasteiger partial charge is 0.444 e. The lowest BCUT2D eigenvalue weighted by Crippen LogP contribution is -2.52. The van der Waals surface area contributed by atoms with E-state index in [0.29, 0.717) is 13.0 Å². The minimum Gasteiger partial charge on any atom is -0.444 e. The van der Waals surface area contributed by atoms with Gasteiger partial charge in [0, 0.05) is 0 Å². The third-order valence-electron chi connectivity index (χ3n) is 4.56. The van der Waals surface area contributed by atoms with Gasteiger partial charge in [-0.1, -0.05) is 19.3 Å². The molecular weight excluding hydrogens is 282 g/mol. The van der Waals surface area contributed by atoms with E-state index in [1.807, 2.05) is 34.6 Å². The molecule has 0 bridgehead atoms. The lowest BCUT2D eigenvalue weighted by molar-refractivity contribution is -0.0687. The van der Waals surface area contributed by atoms with Gasteiger partial charge in [-0.25, -0.2) is 4.79 Å². The molecule has 1 aliphatic heterocycles. The van der Waals surface area contributed by atoms with Crippen LogP contribution >= 0.6 is 0 Å². The van der Waals surface area contributed by atoms with Crippen LogP contribution in [0.15, 0.2) is 0 Å². The van der Waals surface area contributed by atoms with Crippen molar-refractivity contribution in [3.63, 3.8) is 0 Å². The lowest BCUT2D eigenvalue weighted by Gasteiger charge is -2.39. The van der Waals surface area contributed by atoms with Crippen molar-refractivity contribution < 1.29 is 19.4 Å². The Balaban J connectivity index is 2.10. The van der Waals surface area contributed by atoms with E-state index in [2.05, 4.69) is 0 Å². The Labute approximate surface area is 134 Å². The molecule has 128 valence electrons. The van der Waals surface area contributed by atoms with E-state index < -0.39 is 16.9 Å². The van der Waals surface area contributed by atoms with E-state index in [9.17, 15) is 9.90 Å². The highest BCUT2D eigenvalue weighted by atomic mass is 16.6. The highest BCUT2D eigenvalue weighted by Gasteiger charge is 2.48. The number of carbonyl (C=O) groups excluding carboxylic acids is 1. The Bertz CT molecular complexity index is 407. The minimum absolute atomic E-state index is 0.132. The van der Waals surface area contributed by atoms with Gasteiger partial charge in [-0.15, -0.1) is 0 Å².